The first kappa shape index (κ1) is 20.7. The molecule has 8 heteroatoms. The number of fused-ring (bicyclic) bond motifs is 1. The highest BCUT2D eigenvalue weighted by atomic mass is 16.5. The predicted molar refractivity (Wildman–Crippen MR) is 117 cm³/mol. The first-order valence-corrected chi connectivity index (χ1v) is 10.2. The van der Waals surface area contributed by atoms with Crippen molar-refractivity contribution < 1.29 is 14.3 Å². The third-order valence-corrected chi connectivity index (χ3v) is 5.49. The minimum absolute atomic E-state index is 0.0808. The molecule has 8 nitrogen and oxygen atoms in total. The molecule has 0 unspecified atom stereocenters. The summed E-state index contributed by atoms with van der Waals surface area (Å²) < 4.78 is 6.67. The third kappa shape index (κ3) is 4.20. The number of hydrogen-bond acceptors (Lipinski definition) is 5. The van der Waals surface area contributed by atoms with Crippen molar-refractivity contribution in [1.82, 2.24) is 14.5 Å². The van der Waals surface area contributed by atoms with Crippen LogP contribution in [0, 0.1) is 13.8 Å². The first-order valence-electron chi connectivity index (χ1n) is 10.2. The number of hydrogen-bond donors (Lipinski definition) is 1. The van der Waals surface area contributed by atoms with E-state index in [1.807, 2.05) is 6.07 Å². The summed E-state index contributed by atoms with van der Waals surface area (Å²) in [7, 11) is 0. The van der Waals surface area contributed by atoms with Crippen molar-refractivity contribution in [1.29, 1.82) is 0 Å². The molecule has 0 aliphatic carbocycles. The van der Waals surface area contributed by atoms with Crippen molar-refractivity contribution >= 4 is 28.4 Å². The highest BCUT2D eigenvalue weighted by molar-refractivity contribution is 5.99. The van der Waals surface area contributed by atoms with Gasteiger partial charge >= 0.3 is 0 Å². The number of morpholine rings is 1. The monoisotopic (exact) mass is 420 g/mol. The van der Waals surface area contributed by atoms with Crippen LogP contribution in [0.2, 0.25) is 0 Å². The summed E-state index contributed by atoms with van der Waals surface area (Å²) in [6.45, 7) is 5.48. The second kappa shape index (κ2) is 8.69. The van der Waals surface area contributed by atoms with E-state index >= 15 is 0 Å². The number of nitrogens with one attached hydrogen (secondary N) is 1. The summed E-state index contributed by atoms with van der Waals surface area (Å²) in [5, 5.41) is 3.31. The number of ether oxygens (including phenoxy) is 1. The minimum Gasteiger partial charge on any atom is -0.378 e. The Labute approximate surface area is 179 Å². The zero-order chi connectivity index (χ0) is 22.0. The maximum absolute atomic E-state index is 12.9. The van der Waals surface area contributed by atoms with E-state index in [4.69, 9.17) is 4.74 Å². The molecule has 0 spiro atoms. The molecule has 160 valence electrons. The van der Waals surface area contributed by atoms with Crippen LogP contribution < -0.4 is 10.9 Å². The molecule has 2 heterocycles. The quantitative estimate of drug-likeness (QED) is 0.698. The van der Waals surface area contributed by atoms with Gasteiger partial charge in [-0.15, -0.1) is 0 Å². The molecule has 1 aliphatic heterocycles. The van der Waals surface area contributed by atoms with Crippen LogP contribution in [-0.2, 0) is 16.1 Å². The van der Waals surface area contributed by atoms with E-state index in [0.717, 1.165) is 0 Å². The molecule has 1 saturated heterocycles. The zero-order valence-electron chi connectivity index (χ0n) is 17.6. The molecule has 31 heavy (non-hydrogen) atoms. The Bertz CT molecular complexity index is 1210. The van der Waals surface area contributed by atoms with Crippen molar-refractivity contribution in [3.8, 4) is 0 Å². The van der Waals surface area contributed by atoms with Crippen LogP contribution in [0.15, 0.2) is 47.3 Å². The van der Waals surface area contributed by atoms with E-state index in [0.29, 0.717) is 59.8 Å². The average Bonchev–Trinajstić information content (AvgIpc) is 2.78. The number of amides is 2. The lowest BCUT2D eigenvalue weighted by Gasteiger charge is -2.27. The third-order valence-electron chi connectivity index (χ3n) is 5.49. The van der Waals surface area contributed by atoms with Crippen molar-refractivity contribution in [2.75, 3.05) is 31.6 Å². The predicted octanol–water partition coefficient (Wildman–Crippen LogP) is 2.12. The lowest BCUT2D eigenvalue weighted by atomic mass is 10.0. The molecule has 3 aromatic rings. The number of carbonyl (C=O) groups is 2. The number of carbonyl (C=O) groups excluding carboxylic acids is 2. The number of rotatable bonds is 4. The average molecular weight is 420 g/mol. The molecule has 2 amide bonds. The molecule has 1 N–H and O–H groups in total. The molecule has 4 rings (SSSR count). The Morgan fingerprint density at radius 2 is 1.81 bits per heavy atom. The lowest BCUT2D eigenvalue weighted by molar-refractivity contribution is -0.116. The molecule has 1 aromatic heterocycles. The van der Waals surface area contributed by atoms with E-state index in [-0.39, 0.29) is 23.9 Å². The van der Waals surface area contributed by atoms with E-state index in [1.54, 1.807) is 55.1 Å². The Balaban J connectivity index is 1.55. The van der Waals surface area contributed by atoms with Gasteiger partial charge in [0.25, 0.3) is 11.5 Å². The van der Waals surface area contributed by atoms with Gasteiger partial charge in [0, 0.05) is 24.3 Å². The number of aryl methyl sites for hydroxylation is 1. The summed E-state index contributed by atoms with van der Waals surface area (Å²) in [5.74, 6) is 0.0239. The lowest BCUT2D eigenvalue weighted by Crippen LogP contribution is -2.41. The molecule has 2 aromatic carbocycles. The van der Waals surface area contributed by atoms with Crippen LogP contribution in [0.25, 0.3) is 10.9 Å². The molecule has 0 radical (unpaired) electrons. The molecular weight excluding hydrogens is 396 g/mol. The maximum Gasteiger partial charge on any atom is 0.261 e. The van der Waals surface area contributed by atoms with Crippen LogP contribution in [0.3, 0.4) is 0 Å². The minimum atomic E-state index is -0.360. The normalized spacial score (nSPS) is 13.9. The van der Waals surface area contributed by atoms with E-state index in [2.05, 4.69) is 10.3 Å². The second-order valence-electron chi connectivity index (χ2n) is 7.50. The van der Waals surface area contributed by atoms with Gasteiger partial charge in [-0.2, -0.15) is 0 Å². The summed E-state index contributed by atoms with van der Waals surface area (Å²) in [4.78, 5) is 44.6. The Morgan fingerprint density at radius 3 is 2.58 bits per heavy atom. The highest BCUT2D eigenvalue weighted by Gasteiger charge is 2.21. The number of aromatic nitrogens is 2. The molecule has 0 saturated carbocycles. The van der Waals surface area contributed by atoms with E-state index < -0.39 is 0 Å². The Hall–Kier alpha value is -3.52. The van der Waals surface area contributed by atoms with Crippen LogP contribution in [-0.4, -0.2) is 52.6 Å². The molecule has 0 atom stereocenters. The molecule has 1 fully saturated rings. The van der Waals surface area contributed by atoms with Gasteiger partial charge in [-0.1, -0.05) is 18.2 Å². The second-order valence-corrected chi connectivity index (χ2v) is 7.50. The topological polar surface area (TPSA) is 93.5 Å². The summed E-state index contributed by atoms with van der Waals surface area (Å²) in [6.07, 6.45) is 0. The summed E-state index contributed by atoms with van der Waals surface area (Å²) in [6, 6.07) is 12.3. The van der Waals surface area contributed by atoms with Crippen LogP contribution >= 0.6 is 0 Å². The van der Waals surface area contributed by atoms with E-state index in [1.165, 1.54) is 4.57 Å². The number of nitrogens with zero attached hydrogens (tertiary/aromatic N) is 3. The van der Waals surface area contributed by atoms with Gasteiger partial charge in [-0.25, -0.2) is 4.98 Å². The van der Waals surface area contributed by atoms with Gasteiger partial charge in [0.1, 0.15) is 12.4 Å². The molecule has 1 aliphatic rings. The SMILES string of the molecule is Cc1c(NC(=O)Cn2c(C)nc3ccccc3c2=O)cccc1C(=O)N1CCOCC1. The zero-order valence-corrected chi connectivity index (χ0v) is 17.6. The Kier molecular flexibility index (Phi) is 5.81. The van der Waals surface area contributed by atoms with Gasteiger partial charge in [0.15, 0.2) is 0 Å². The number of para-hydroxylation sites is 1. The number of benzene rings is 2. The molecule has 0 bridgehead atoms. The Morgan fingerprint density at radius 1 is 1.06 bits per heavy atom. The van der Waals surface area contributed by atoms with Gasteiger partial charge in [0.05, 0.1) is 24.1 Å². The summed E-state index contributed by atoms with van der Waals surface area (Å²) >= 11 is 0. The number of anilines is 1. The summed E-state index contributed by atoms with van der Waals surface area (Å²) in [5.41, 5.74) is 2.12. The van der Waals surface area contributed by atoms with Crippen LogP contribution in [0.1, 0.15) is 21.7 Å². The van der Waals surface area contributed by atoms with Crippen molar-refractivity contribution in [2.24, 2.45) is 0 Å². The molecular formula is C23H24N4O4. The van der Waals surface area contributed by atoms with Crippen molar-refractivity contribution in [2.45, 2.75) is 20.4 Å². The maximum atomic E-state index is 12.9. The smallest absolute Gasteiger partial charge is 0.261 e. The largest absolute Gasteiger partial charge is 0.378 e. The standard InChI is InChI=1S/C23H24N4O4/c1-15-17(22(29)26-10-12-31-13-11-26)7-5-9-19(15)25-21(28)14-27-16(2)24-20-8-4-3-6-18(20)23(27)30/h3-9H,10-14H2,1-2H3,(H,25,28). The van der Waals surface area contributed by atoms with E-state index in [9.17, 15) is 14.4 Å². The highest BCUT2D eigenvalue weighted by Crippen LogP contribution is 2.21. The van der Waals surface area contributed by atoms with Gasteiger partial charge < -0.3 is 15.0 Å². The van der Waals surface area contributed by atoms with Gasteiger partial charge in [-0.05, 0) is 43.7 Å². The first-order chi connectivity index (χ1) is 15.0. The van der Waals surface area contributed by atoms with Crippen molar-refractivity contribution in [3.05, 3.63) is 69.8 Å². The fraction of sp³-hybridized carbons (Fsp3) is 0.304. The van der Waals surface area contributed by atoms with Crippen LogP contribution in [0.4, 0.5) is 5.69 Å². The van der Waals surface area contributed by atoms with Crippen molar-refractivity contribution in [3.63, 3.8) is 0 Å². The van der Waals surface area contributed by atoms with Gasteiger partial charge in [0.2, 0.25) is 5.91 Å². The van der Waals surface area contributed by atoms with Crippen LogP contribution in [0.5, 0.6) is 0 Å². The fourth-order valence-corrected chi connectivity index (χ4v) is 3.74. The fourth-order valence-electron chi connectivity index (χ4n) is 3.74. The van der Waals surface area contributed by atoms with Gasteiger partial charge in [-0.3, -0.25) is 19.0 Å².